The lowest BCUT2D eigenvalue weighted by molar-refractivity contribution is -0.113. The molecule has 3 rings (SSSR count). The van der Waals surface area contributed by atoms with Crippen molar-refractivity contribution < 1.29 is 19.0 Å². The van der Waals surface area contributed by atoms with Crippen LogP contribution in [0.25, 0.3) is 6.08 Å². The van der Waals surface area contributed by atoms with Gasteiger partial charge >= 0.3 is 0 Å². The van der Waals surface area contributed by atoms with E-state index in [1.807, 2.05) is 6.92 Å². The lowest BCUT2D eigenvalue weighted by Crippen LogP contribution is -2.27. The number of thioether (sulfide) groups is 1. The number of hydrogen-bond donors (Lipinski definition) is 1. The van der Waals surface area contributed by atoms with Gasteiger partial charge in [0.05, 0.1) is 22.2 Å². The number of anilines is 1. The lowest BCUT2D eigenvalue weighted by atomic mass is 10.2. The summed E-state index contributed by atoms with van der Waals surface area (Å²) in [7, 11) is 0. The minimum absolute atomic E-state index is 0.0255. The Morgan fingerprint density at radius 2 is 2.12 bits per heavy atom. The van der Waals surface area contributed by atoms with Crippen LogP contribution in [0, 0.1) is 5.82 Å². The quantitative estimate of drug-likeness (QED) is 0.569. The first-order chi connectivity index (χ1) is 12.4. The van der Waals surface area contributed by atoms with E-state index in [0.29, 0.717) is 32.8 Å². The van der Waals surface area contributed by atoms with Crippen molar-refractivity contribution in [3.05, 3.63) is 57.7 Å². The molecule has 0 atom stereocenters. The van der Waals surface area contributed by atoms with Gasteiger partial charge in [-0.25, -0.2) is 4.39 Å². The molecule has 0 aliphatic carbocycles. The van der Waals surface area contributed by atoms with E-state index >= 15 is 0 Å². The third kappa shape index (κ3) is 3.70. The highest BCUT2D eigenvalue weighted by atomic mass is 35.5. The maximum atomic E-state index is 13.4. The van der Waals surface area contributed by atoms with E-state index in [0.717, 1.165) is 11.8 Å². The lowest BCUT2D eigenvalue weighted by Gasteiger charge is -2.14. The van der Waals surface area contributed by atoms with Crippen molar-refractivity contribution >= 4 is 57.6 Å². The number of benzene rings is 2. The summed E-state index contributed by atoms with van der Waals surface area (Å²) in [5.41, 5.74) is 1.09. The van der Waals surface area contributed by atoms with Crippen molar-refractivity contribution in [2.24, 2.45) is 0 Å². The monoisotopic (exact) mass is 409 g/mol. The fourth-order valence-corrected chi connectivity index (χ4v) is 3.83. The maximum Gasteiger partial charge on any atom is 0.270 e. The summed E-state index contributed by atoms with van der Waals surface area (Å²) >= 11 is 12.2. The number of thiocarbonyl (C=S) groups is 1. The zero-order valence-electron chi connectivity index (χ0n) is 13.5. The Labute approximate surface area is 164 Å². The summed E-state index contributed by atoms with van der Waals surface area (Å²) in [5, 5.41) is 9.69. The van der Waals surface area contributed by atoms with Gasteiger partial charge in [-0.15, -0.1) is 0 Å². The largest absolute Gasteiger partial charge is 0.504 e. The van der Waals surface area contributed by atoms with Crippen LogP contribution in [0.3, 0.4) is 0 Å². The van der Waals surface area contributed by atoms with Crippen LogP contribution < -0.4 is 9.64 Å². The van der Waals surface area contributed by atoms with Gasteiger partial charge in [-0.1, -0.05) is 41.6 Å². The first-order valence-corrected chi connectivity index (χ1v) is 9.19. The van der Waals surface area contributed by atoms with E-state index < -0.39 is 5.82 Å². The molecule has 26 heavy (non-hydrogen) atoms. The number of carbonyl (C=O) groups excluding carboxylic acids is 1. The summed E-state index contributed by atoms with van der Waals surface area (Å²) in [6.45, 7) is 2.22. The predicted octanol–water partition coefficient (Wildman–Crippen LogP) is 4.99. The molecule has 1 N–H and O–H groups in total. The van der Waals surface area contributed by atoms with E-state index in [4.69, 9.17) is 28.6 Å². The van der Waals surface area contributed by atoms with Crippen LogP contribution in [0.15, 0.2) is 41.3 Å². The Hall–Kier alpha value is -2.09. The number of aromatic hydroxyl groups is 1. The molecule has 0 radical (unpaired) electrons. The third-order valence-corrected chi connectivity index (χ3v) is 5.13. The van der Waals surface area contributed by atoms with Crippen LogP contribution in [0.4, 0.5) is 10.1 Å². The van der Waals surface area contributed by atoms with E-state index in [-0.39, 0.29) is 16.7 Å². The molecule has 0 saturated carbocycles. The molecule has 1 aliphatic heterocycles. The van der Waals surface area contributed by atoms with Gasteiger partial charge in [-0.3, -0.25) is 9.69 Å². The molecule has 8 heteroatoms. The Kier molecular flexibility index (Phi) is 5.50. The SMILES string of the molecule is CCOc1cc(/C=C2\SC(=S)N(c3ccc(F)c(Cl)c3)C2=O)ccc1O. The van der Waals surface area contributed by atoms with E-state index in [2.05, 4.69) is 0 Å². The minimum Gasteiger partial charge on any atom is -0.504 e. The number of carbonyl (C=O) groups is 1. The number of hydrogen-bond acceptors (Lipinski definition) is 5. The summed E-state index contributed by atoms with van der Waals surface area (Å²) < 4.78 is 19.0. The predicted molar refractivity (Wildman–Crippen MR) is 106 cm³/mol. The maximum absolute atomic E-state index is 13.4. The molecular formula is C18H13ClFNO3S2. The Morgan fingerprint density at radius 3 is 2.81 bits per heavy atom. The summed E-state index contributed by atoms with van der Waals surface area (Å²) in [4.78, 5) is 14.4. The van der Waals surface area contributed by atoms with E-state index in [1.54, 1.807) is 18.2 Å². The fraction of sp³-hybridized carbons (Fsp3) is 0.111. The zero-order chi connectivity index (χ0) is 18.8. The van der Waals surface area contributed by atoms with Gasteiger partial charge in [0.15, 0.2) is 15.8 Å². The van der Waals surface area contributed by atoms with Gasteiger partial charge in [0.1, 0.15) is 5.82 Å². The average molecular weight is 410 g/mol. The number of ether oxygens (including phenoxy) is 1. The third-order valence-electron chi connectivity index (χ3n) is 3.54. The van der Waals surface area contributed by atoms with Gasteiger partial charge in [-0.05, 0) is 48.9 Å². The molecule has 0 aromatic heterocycles. The second-order valence-electron chi connectivity index (χ2n) is 5.28. The first-order valence-electron chi connectivity index (χ1n) is 7.59. The van der Waals surface area contributed by atoms with Crippen molar-refractivity contribution in [1.29, 1.82) is 0 Å². The molecule has 1 aliphatic rings. The zero-order valence-corrected chi connectivity index (χ0v) is 15.9. The second kappa shape index (κ2) is 7.65. The number of rotatable bonds is 4. The van der Waals surface area contributed by atoms with Gasteiger partial charge < -0.3 is 9.84 Å². The van der Waals surface area contributed by atoms with Gasteiger partial charge in [0, 0.05) is 0 Å². The second-order valence-corrected chi connectivity index (χ2v) is 7.36. The van der Waals surface area contributed by atoms with Gasteiger partial charge in [0.2, 0.25) is 0 Å². The highest BCUT2D eigenvalue weighted by molar-refractivity contribution is 8.27. The average Bonchev–Trinajstić information content (AvgIpc) is 2.87. The molecular weight excluding hydrogens is 397 g/mol. The molecule has 2 aromatic rings. The molecule has 1 fully saturated rings. The highest BCUT2D eigenvalue weighted by Gasteiger charge is 2.33. The minimum atomic E-state index is -0.566. The van der Waals surface area contributed by atoms with Crippen molar-refractivity contribution in [3.63, 3.8) is 0 Å². The molecule has 4 nitrogen and oxygen atoms in total. The van der Waals surface area contributed by atoms with Crippen molar-refractivity contribution in [2.75, 3.05) is 11.5 Å². The van der Waals surface area contributed by atoms with Crippen molar-refractivity contribution in [3.8, 4) is 11.5 Å². The topological polar surface area (TPSA) is 49.8 Å². The van der Waals surface area contributed by atoms with E-state index in [9.17, 15) is 14.3 Å². The Bertz CT molecular complexity index is 933. The summed E-state index contributed by atoms with van der Waals surface area (Å²) in [6.07, 6.45) is 1.66. The molecule has 0 spiro atoms. The van der Waals surface area contributed by atoms with Gasteiger partial charge in [-0.2, -0.15) is 0 Å². The number of halogens is 2. The number of nitrogens with zero attached hydrogens (tertiary/aromatic N) is 1. The van der Waals surface area contributed by atoms with E-state index in [1.165, 1.54) is 29.2 Å². The van der Waals surface area contributed by atoms with Crippen molar-refractivity contribution in [1.82, 2.24) is 0 Å². The smallest absolute Gasteiger partial charge is 0.270 e. The fourth-order valence-electron chi connectivity index (χ4n) is 2.36. The number of phenolic OH excluding ortho intramolecular Hbond substituents is 1. The molecule has 0 unspecified atom stereocenters. The van der Waals surface area contributed by atoms with Crippen LogP contribution >= 0.6 is 35.6 Å². The number of amides is 1. The van der Waals surface area contributed by atoms with Crippen LogP contribution in [0.1, 0.15) is 12.5 Å². The molecule has 0 bridgehead atoms. The van der Waals surface area contributed by atoms with Crippen LogP contribution in [0.2, 0.25) is 5.02 Å². The molecule has 1 amide bonds. The Balaban J connectivity index is 1.92. The molecule has 1 saturated heterocycles. The molecule has 134 valence electrons. The number of phenols is 1. The molecule has 1 heterocycles. The summed E-state index contributed by atoms with van der Waals surface area (Å²) in [6, 6.07) is 8.80. The Morgan fingerprint density at radius 1 is 1.35 bits per heavy atom. The van der Waals surface area contributed by atoms with Crippen LogP contribution in [0.5, 0.6) is 11.5 Å². The summed E-state index contributed by atoms with van der Waals surface area (Å²) in [5.74, 6) is -0.530. The van der Waals surface area contributed by atoms with Crippen LogP contribution in [-0.2, 0) is 4.79 Å². The van der Waals surface area contributed by atoms with Crippen LogP contribution in [-0.4, -0.2) is 21.9 Å². The molecule has 2 aromatic carbocycles. The highest BCUT2D eigenvalue weighted by Crippen LogP contribution is 2.38. The van der Waals surface area contributed by atoms with Crippen molar-refractivity contribution in [2.45, 2.75) is 6.92 Å². The normalized spacial score (nSPS) is 15.8. The standard InChI is InChI=1S/C18H13ClFNO3S2/c1-2-24-15-7-10(3-6-14(15)22)8-16-17(23)21(18(25)26-16)11-4-5-13(20)12(19)9-11/h3-9,22H,2H2,1H3/b16-8-. The first kappa shape index (κ1) is 18.7. The van der Waals surface area contributed by atoms with Gasteiger partial charge in [0.25, 0.3) is 5.91 Å².